The van der Waals surface area contributed by atoms with E-state index in [1.54, 1.807) is 36.3 Å². The summed E-state index contributed by atoms with van der Waals surface area (Å²) in [5.74, 6) is 0.806. The van der Waals surface area contributed by atoms with Crippen molar-refractivity contribution < 1.29 is 14.3 Å². The van der Waals surface area contributed by atoms with Crippen molar-refractivity contribution in [1.29, 1.82) is 0 Å². The normalized spacial score (nSPS) is 10.2. The summed E-state index contributed by atoms with van der Waals surface area (Å²) in [6, 6.07) is 14.4. The predicted molar refractivity (Wildman–Crippen MR) is 107 cm³/mol. The number of methoxy groups -OCH3 is 1. The summed E-state index contributed by atoms with van der Waals surface area (Å²) in [5.41, 5.74) is 2.29. The molecule has 0 heterocycles. The number of amides is 3. The molecule has 0 saturated heterocycles. The van der Waals surface area contributed by atoms with E-state index < -0.39 is 0 Å². The Kier molecular flexibility index (Phi) is 7.67. The number of benzene rings is 2. The van der Waals surface area contributed by atoms with Gasteiger partial charge >= 0.3 is 6.03 Å². The van der Waals surface area contributed by atoms with Crippen LogP contribution in [0.3, 0.4) is 0 Å². The highest BCUT2D eigenvalue weighted by Gasteiger charge is 2.12. The lowest BCUT2D eigenvalue weighted by Crippen LogP contribution is -2.31. The first-order valence-electron chi connectivity index (χ1n) is 9.15. The van der Waals surface area contributed by atoms with E-state index in [1.807, 2.05) is 38.1 Å². The van der Waals surface area contributed by atoms with Crippen LogP contribution in [-0.4, -0.2) is 43.6 Å². The van der Waals surface area contributed by atoms with Crippen LogP contribution in [0.1, 0.15) is 29.8 Å². The molecule has 2 rings (SSSR count). The SMILES string of the molecule is CCN(CC)C(=O)c1ccc(NC(=O)NCCc2ccccc2OC)cc1. The van der Waals surface area contributed by atoms with Crippen LogP contribution in [0.15, 0.2) is 48.5 Å². The summed E-state index contributed by atoms with van der Waals surface area (Å²) in [7, 11) is 1.63. The van der Waals surface area contributed by atoms with Gasteiger partial charge in [0.25, 0.3) is 5.91 Å². The van der Waals surface area contributed by atoms with E-state index >= 15 is 0 Å². The Morgan fingerprint density at radius 1 is 1.00 bits per heavy atom. The predicted octanol–water partition coefficient (Wildman–Crippen LogP) is 3.54. The van der Waals surface area contributed by atoms with E-state index in [0.29, 0.717) is 37.3 Å². The number of urea groups is 1. The second-order valence-corrected chi connectivity index (χ2v) is 6.00. The number of carbonyl (C=O) groups is 2. The second-order valence-electron chi connectivity index (χ2n) is 6.00. The molecule has 3 amide bonds. The lowest BCUT2D eigenvalue weighted by molar-refractivity contribution is 0.0773. The lowest BCUT2D eigenvalue weighted by Gasteiger charge is -2.18. The maximum Gasteiger partial charge on any atom is 0.319 e. The minimum atomic E-state index is -0.285. The van der Waals surface area contributed by atoms with Crippen LogP contribution in [0.2, 0.25) is 0 Å². The van der Waals surface area contributed by atoms with Gasteiger partial charge in [0.15, 0.2) is 0 Å². The molecule has 0 radical (unpaired) electrons. The summed E-state index contributed by atoms with van der Waals surface area (Å²) in [6.45, 7) is 5.73. The molecule has 0 fully saturated rings. The largest absolute Gasteiger partial charge is 0.496 e. The van der Waals surface area contributed by atoms with Gasteiger partial charge in [-0.2, -0.15) is 0 Å². The molecular formula is C21H27N3O3. The molecule has 6 nitrogen and oxygen atoms in total. The summed E-state index contributed by atoms with van der Waals surface area (Å²) < 4.78 is 5.30. The van der Waals surface area contributed by atoms with Gasteiger partial charge in [0.05, 0.1) is 7.11 Å². The zero-order valence-electron chi connectivity index (χ0n) is 16.1. The van der Waals surface area contributed by atoms with Crippen molar-refractivity contribution in [3.8, 4) is 5.75 Å². The molecule has 0 saturated carbocycles. The molecule has 144 valence electrons. The summed E-state index contributed by atoms with van der Waals surface area (Å²) in [5, 5.41) is 5.60. The van der Waals surface area contributed by atoms with Gasteiger partial charge in [-0.15, -0.1) is 0 Å². The number of ether oxygens (including phenoxy) is 1. The van der Waals surface area contributed by atoms with Crippen LogP contribution in [0.5, 0.6) is 5.75 Å². The molecule has 0 aliphatic heterocycles. The third-order valence-electron chi connectivity index (χ3n) is 4.31. The van der Waals surface area contributed by atoms with Crippen LogP contribution in [-0.2, 0) is 6.42 Å². The lowest BCUT2D eigenvalue weighted by atomic mass is 10.1. The minimum absolute atomic E-state index is 0.00666. The van der Waals surface area contributed by atoms with Gasteiger partial charge in [0.1, 0.15) is 5.75 Å². The molecule has 0 unspecified atom stereocenters. The Hall–Kier alpha value is -3.02. The molecule has 2 aromatic carbocycles. The van der Waals surface area contributed by atoms with Crippen LogP contribution in [0.4, 0.5) is 10.5 Å². The number of carbonyl (C=O) groups excluding carboxylic acids is 2. The monoisotopic (exact) mass is 369 g/mol. The highest BCUT2D eigenvalue weighted by molar-refractivity contribution is 5.95. The molecule has 2 N–H and O–H groups in total. The van der Waals surface area contributed by atoms with Crippen LogP contribution >= 0.6 is 0 Å². The first-order chi connectivity index (χ1) is 13.1. The van der Waals surface area contributed by atoms with E-state index in [-0.39, 0.29) is 11.9 Å². The van der Waals surface area contributed by atoms with Crippen LogP contribution in [0.25, 0.3) is 0 Å². The fourth-order valence-electron chi connectivity index (χ4n) is 2.79. The number of anilines is 1. The average molecular weight is 369 g/mol. The van der Waals surface area contributed by atoms with Gasteiger partial charge in [0.2, 0.25) is 0 Å². The van der Waals surface area contributed by atoms with Crippen molar-refractivity contribution in [3.05, 3.63) is 59.7 Å². The summed E-state index contributed by atoms with van der Waals surface area (Å²) in [4.78, 5) is 26.1. The molecule has 0 aliphatic carbocycles. The second kappa shape index (κ2) is 10.2. The van der Waals surface area contributed by atoms with Crippen LogP contribution < -0.4 is 15.4 Å². The van der Waals surface area contributed by atoms with Crippen molar-refractivity contribution in [1.82, 2.24) is 10.2 Å². The molecular weight excluding hydrogens is 342 g/mol. The van der Waals surface area contributed by atoms with E-state index in [2.05, 4.69) is 10.6 Å². The molecule has 0 atom stereocenters. The number of hydrogen-bond acceptors (Lipinski definition) is 3. The molecule has 0 spiro atoms. The highest BCUT2D eigenvalue weighted by Crippen LogP contribution is 2.17. The maximum absolute atomic E-state index is 12.3. The Morgan fingerprint density at radius 3 is 2.30 bits per heavy atom. The Bertz CT molecular complexity index is 756. The zero-order chi connectivity index (χ0) is 19.6. The fourth-order valence-corrected chi connectivity index (χ4v) is 2.79. The Balaban J connectivity index is 1.84. The number of hydrogen-bond donors (Lipinski definition) is 2. The maximum atomic E-state index is 12.3. The molecule has 0 aromatic heterocycles. The minimum Gasteiger partial charge on any atom is -0.496 e. The van der Waals surface area contributed by atoms with Gasteiger partial charge in [0, 0.05) is 30.9 Å². The van der Waals surface area contributed by atoms with E-state index in [4.69, 9.17) is 4.74 Å². The smallest absolute Gasteiger partial charge is 0.319 e. The summed E-state index contributed by atoms with van der Waals surface area (Å²) >= 11 is 0. The number of rotatable bonds is 8. The quantitative estimate of drug-likeness (QED) is 0.748. The topological polar surface area (TPSA) is 70.7 Å². The molecule has 6 heteroatoms. The average Bonchev–Trinajstić information content (AvgIpc) is 2.69. The zero-order valence-corrected chi connectivity index (χ0v) is 16.1. The Labute approximate surface area is 160 Å². The van der Waals surface area contributed by atoms with Crippen molar-refractivity contribution in [2.24, 2.45) is 0 Å². The fraction of sp³-hybridized carbons (Fsp3) is 0.333. The highest BCUT2D eigenvalue weighted by atomic mass is 16.5. The third-order valence-corrected chi connectivity index (χ3v) is 4.31. The van der Waals surface area contributed by atoms with E-state index in [9.17, 15) is 9.59 Å². The number of nitrogens with one attached hydrogen (secondary N) is 2. The van der Waals surface area contributed by atoms with Crippen LogP contribution in [0, 0.1) is 0 Å². The Morgan fingerprint density at radius 2 is 1.67 bits per heavy atom. The molecule has 0 aliphatic rings. The van der Waals surface area contributed by atoms with Gasteiger partial charge < -0.3 is 20.3 Å². The number of nitrogens with zero attached hydrogens (tertiary/aromatic N) is 1. The first-order valence-corrected chi connectivity index (χ1v) is 9.15. The van der Waals surface area contributed by atoms with Gasteiger partial charge in [-0.05, 0) is 56.2 Å². The van der Waals surface area contributed by atoms with Gasteiger partial charge in [-0.1, -0.05) is 18.2 Å². The van der Waals surface area contributed by atoms with Crippen molar-refractivity contribution >= 4 is 17.6 Å². The number of para-hydroxylation sites is 1. The third kappa shape index (κ3) is 5.74. The van der Waals surface area contributed by atoms with E-state index in [1.165, 1.54) is 0 Å². The van der Waals surface area contributed by atoms with Crippen molar-refractivity contribution in [2.75, 3.05) is 32.1 Å². The molecule has 27 heavy (non-hydrogen) atoms. The molecule has 2 aromatic rings. The first kappa shape index (κ1) is 20.3. The van der Waals surface area contributed by atoms with Crippen molar-refractivity contribution in [2.45, 2.75) is 20.3 Å². The standard InChI is InChI=1S/C21H27N3O3/c1-4-24(5-2)20(25)17-10-12-18(13-11-17)23-21(26)22-15-14-16-8-6-7-9-19(16)27-3/h6-13H,4-5,14-15H2,1-3H3,(H2,22,23,26). The van der Waals surface area contributed by atoms with Crippen molar-refractivity contribution in [3.63, 3.8) is 0 Å². The van der Waals surface area contributed by atoms with Gasteiger partial charge in [-0.25, -0.2) is 4.79 Å². The molecule has 0 bridgehead atoms. The summed E-state index contributed by atoms with van der Waals surface area (Å²) in [6.07, 6.45) is 0.675. The van der Waals surface area contributed by atoms with Gasteiger partial charge in [-0.3, -0.25) is 4.79 Å². The van der Waals surface area contributed by atoms with E-state index in [0.717, 1.165) is 11.3 Å².